The van der Waals surface area contributed by atoms with E-state index in [9.17, 15) is 0 Å². The summed E-state index contributed by atoms with van der Waals surface area (Å²) < 4.78 is 16.3. The highest BCUT2D eigenvalue weighted by Crippen LogP contribution is 2.32. The lowest BCUT2D eigenvalue weighted by molar-refractivity contribution is 0.114. The summed E-state index contributed by atoms with van der Waals surface area (Å²) in [5.74, 6) is 1.60. The fourth-order valence-corrected chi connectivity index (χ4v) is 2.01. The molecule has 2 rings (SSSR count). The van der Waals surface area contributed by atoms with E-state index in [0.717, 1.165) is 23.6 Å². The van der Waals surface area contributed by atoms with Gasteiger partial charge in [0, 0.05) is 26.2 Å². The Hall–Kier alpha value is -1.30. The minimum atomic E-state index is 0.0911. The molecule has 1 aliphatic rings. The van der Waals surface area contributed by atoms with Gasteiger partial charge >= 0.3 is 0 Å². The van der Waals surface area contributed by atoms with Crippen LogP contribution < -0.4 is 20.5 Å². The Morgan fingerprint density at radius 2 is 2.05 bits per heavy atom. The molecule has 0 radical (unpaired) electrons. The lowest BCUT2D eigenvalue weighted by Crippen LogP contribution is -2.34. The number of nitrogens with two attached hydrogens (primary N) is 1. The number of benzene rings is 1. The second-order valence-electron chi connectivity index (χ2n) is 4.65. The largest absolute Gasteiger partial charge is 0.486 e. The molecule has 5 heteroatoms. The molecule has 2 atom stereocenters. The monoisotopic (exact) mass is 266 g/mol. The molecule has 0 saturated carbocycles. The highest BCUT2D eigenvalue weighted by Gasteiger charge is 2.16. The number of ether oxygens (including phenoxy) is 3. The van der Waals surface area contributed by atoms with Gasteiger partial charge < -0.3 is 25.3 Å². The molecule has 2 unspecified atom stereocenters. The SMILES string of the molecule is COC(C)CNC(CN)c1ccc2c(c1)OCCO2. The first-order valence-corrected chi connectivity index (χ1v) is 6.60. The summed E-state index contributed by atoms with van der Waals surface area (Å²) in [5, 5.41) is 3.40. The van der Waals surface area contributed by atoms with Crippen molar-refractivity contribution in [3.63, 3.8) is 0 Å². The topological polar surface area (TPSA) is 65.7 Å². The maximum atomic E-state index is 5.83. The van der Waals surface area contributed by atoms with Crippen LogP contribution in [0, 0.1) is 0 Å². The van der Waals surface area contributed by atoms with E-state index in [1.165, 1.54) is 0 Å². The van der Waals surface area contributed by atoms with Crippen molar-refractivity contribution in [2.75, 3.05) is 33.4 Å². The van der Waals surface area contributed by atoms with Gasteiger partial charge in [-0.1, -0.05) is 6.07 Å². The van der Waals surface area contributed by atoms with Gasteiger partial charge in [0.25, 0.3) is 0 Å². The van der Waals surface area contributed by atoms with Gasteiger partial charge in [0.15, 0.2) is 11.5 Å². The molecule has 1 aliphatic heterocycles. The number of rotatable bonds is 6. The van der Waals surface area contributed by atoms with E-state index in [-0.39, 0.29) is 12.1 Å². The molecule has 106 valence electrons. The summed E-state index contributed by atoms with van der Waals surface area (Å²) in [4.78, 5) is 0. The summed E-state index contributed by atoms with van der Waals surface area (Å²) in [6, 6.07) is 6.05. The molecule has 0 aromatic heterocycles. The Morgan fingerprint density at radius 1 is 1.32 bits per heavy atom. The van der Waals surface area contributed by atoms with Crippen molar-refractivity contribution in [3.8, 4) is 11.5 Å². The van der Waals surface area contributed by atoms with E-state index >= 15 is 0 Å². The summed E-state index contributed by atoms with van der Waals surface area (Å²) >= 11 is 0. The van der Waals surface area contributed by atoms with E-state index in [1.54, 1.807) is 7.11 Å². The number of hydrogen-bond donors (Lipinski definition) is 2. The maximum absolute atomic E-state index is 5.83. The van der Waals surface area contributed by atoms with Gasteiger partial charge in [-0.2, -0.15) is 0 Å². The smallest absolute Gasteiger partial charge is 0.161 e. The molecule has 3 N–H and O–H groups in total. The Kier molecular flexibility index (Phi) is 5.01. The number of nitrogens with one attached hydrogen (secondary N) is 1. The predicted molar refractivity (Wildman–Crippen MR) is 73.7 cm³/mol. The fraction of sp³-hybridized carbons (Fsp3) is 0.571. The van der Waals surface area contributed by atoms with Gasteiger partial charge in [0.1, 0.15) is 13.2 Å². The number of hydrogen-bond acceptors (Lipinski definition) is 5. The van der Waals surface area contributed by atoms with Crippen LogP contribution in [0.2, 0.25) is 0 Å². The quantitative estimate of drug-likeness (QED) is 0.806. The van der Waals surface area contributed by atoms with Gasteiger partial charge in [0.05, 0.1) is 6.10 Å². The minimum absolute atomic E-state index is 0.0911. The lowest BCUT2D eigenvalue weighted by Gasteiger charge is -2.23. The third-order valence-electron chi connectivity index (χ3n) is 3.26. The molecule has 5 nitrogen and oxygen atoms in total. The predicted octanol–water partition coefficient (Wildman–Crippen LogP) is 1.08. The average Bonchev–Trinajstić information content (AvgIpc) is 2.47. The average molecular weight is 266 g/mol. The summed E-state index contributed by atoms with van der Waals surface area (Å²) in [6.07, 6.45) is 0.159. The molecular weight excluding hydrogens is 244 g/mol. The Balaban J connectivity index is 2.05. The second kappa shape index (κ2) is 6.75. The highest BCUT2D eigenvalue weighted by atomic mass is 16.6. The molecule has 0 bridgehead atoms. The normalized spacial score (nSPS) is 17.0. The molecule has 0 spiro atoms. The zero-order valence-electron chi connectivity index (χ0n) is 11.5. The second-order valence-corrected chi connectivity index (χ2v) is 4.65. The zero-order valence-corrected chi connectivity index (χ0v) is 11.5. The third kappa shape index (κ3) is 3.59. The van der Waals surface area contributed by atoms with Crippen molar-refractivity contribution < 1.29 is 14.2 Å². The lowest BCUT2D eigenvalue weighted by atomic mass is 10.1. The summed E-state index contributed by atoms with van der Waals surface area (Å²) in [7, 11) is 1.70. The molecule has 1 aromatic rings. The van der Waals surface area contributed by atoms with Gasteiger partial charge in [-0.15, -0.1) is 0 Å². The number of methoxy groups -OCH3 is 1. The van der Waals surface area contributed by atoms with Gasteiger partial charge in [-0.3, -0.25) is 0 Å². The Bertz CT molecular complexity index is 412. The van der Waals surface area contributed by atoms with Crippen molar-refractivity contribution in [3.05, 3.63) is 23.8 Å². The van der Waals surface area contributed by atoms with Crippen molar-refractivity contribution >= 4 is 0 Å². The maximum Gasteiger partial charge on any atom is 0.161 e. The molecule has 1 aromatic carbocycles. The molecule has 19 heavy (non-hydrogen) atoms. The highest BCUT2D eigenvalue weighted by molar-refractivity contribution is 5.44. The van der Waals surface area contributed by atoms with Crippen molar-refractivity contribution in [2.24, 2.45) is 5.73 Å². The van der Waals surface area contributed by atoms with Crippen molar-refractivity contribution in [1.82, 2.24) is 5.32 Å². The fourth-order valence-electron chi connectivity index (χ4n) is 2.01. The first kappa shape index (κ1) is 14.1. The van der Waals surface area contributed by atoms with E-state index in [4.69, 9.17) is 19.9 Å². The molecule has 0 amide bonds. The van der Waals surface area contributed by atoms with Crippen LogP contribution >= 0.6 is 0 Å². The van der Waals surface area contributed by atoms with Crippen LogP contribution in [-0.2, 0) is 4.74 Å². The van der Waals surface area contributed by atoms with Crippen molar-refractivity contribution in [2.45, 2.75) is 19.1 Å². The molecule has 1 heterocycles. The van der Waals surface area contributed by atoms with Crippen LogP contribution in [0.3, 0.4) is 0 Å². The molecule has 0 saturated heterocycles. The van der Waals surface area contributed by atoms with Crippen LogP contribution in [0.5, 0.6) is 11.5 Å². The van der Waals surface area contributed by atoms with Crippen molar-refractivity contribution in [1.29, 1.82) is 0 Å². The minimum Gasteiger partial charge on any atom is -0.486 e. The third-order valence-corrected chi connectivity index (χ3v) is 3.26. The van der Waals surface area contributed by atoms with Crippen LogP contribution in [0.1, 0.15) is 18.5 Å². The van der Waals surface area contributed by atoms with Crippen LogP contribution in [0.4, 0.5) is 0 Å². The van der Waals surface area contributed by atoms with Gasteiger partial charge in [0.2, 0.25) is 0 Å². The van der Waals surface area contributed by atoms with Crippen LogP contribution in [0.15, 0.2) is 18.2 Å². The Morgan fingerprint density at radius 3 is 2.74 bits per heavy atom. The van der Waals surface area contributed by atoms with Crippen LogP contribution in [-0.4, -0.2) is 39.5 Å². The van der Waals surface area contributed by atoms with E-state index in [1.807, 2.05) is 25.1 Å². The standard InChI is InChI=1S/C14H22N2O3/c1-10(17-2)9-16-12(8-15)11-3-4-13-14(7-11)19-6-5-18-13/h3-4,7,10,12,16H,5-6,8-9,15H2,1-2H3. The Labute approximate surface area is 114 Å². The number of fused-ring (bicyclic) bond motifs is 1. The molecular formula is C14H22N2O3. The van der Waals surface area contributed by atoms with E-state index in [0.29, 0.717) is 19.8 Å². The first-order valence-electron chi connectivity index (χ1n) is 6.60. The van der Waals surface area contributed by atoms with E-state index in [2.05, 4.69) is 5.32 Å². The summed E-state index contributed by atoms with van der Waals surface area (Å²) in [6.45, 7) is 4.50. The summed E-state index contributed by atoms with van der Waals surface area (Å²) in [5.41, 5.74) is 6.94. The van der Waals surface area contributed by atoms with Gasteiger partial charge in [-0.05, 0) is 24.6 Å². The molecule has 0 aliphatic carbocycles. The van der Waals surface area contributed by atoms with E-state index < -0.39 is 0 Å². The molecule has 0 fully saturated rings. The van der Waals surface area contributed by atoms with Gasteiger partial charge in [-0.25, -0.2) is 0 Å². The first-order chi connectivity index (χ1) is 9.24. The van der Waals surface area contributed by atoms with Crippen LogP contribution in [0.25, 0.3) is 0 Å². The zero-order chi connectivity index (χ0) is 13.7.